The minimum Gasteiger partial charge on any atom is -0.508 e. The van der Waals surface area contributed by atoms with Crippen LogP contribution in [0.2, 0.25) is 10.0 Å². The van der Waals surface area contributed by atoms with Gasteiger partial charge in [-0.25, -0.2) is 4.79 Å². The molecule has 25 N–H and O–H groups in total. The quantitative estimate of drug-likeness (QED) is 0.0364. The summed E-state index contributed by atoms with van der Waals surface area (Å²) in [4.78, 5) is 173. The molecule has 0 radical (unpaired) electrons. The molecular formula is C76H88Cl2N10O31P2. The lowest BCUT2D eigenvalue weighted by Crippen LogP contribution is -2.64. The van der Waals surface area contributed by atoms with Gasteiger partial charge in [-0.15, -0.1) is 0 Å². The van der Waals surface area contributed by atoms with Crippen molar-refractivity contribution in [3.63, 3.8) is 0 Å². The lowest BCUT2D eigenvalue weighted by Gasteiger charge is -2.47. The molecule has 652 valence electrons. The number of nitrogens with one attached hydrogen (secondary N) is 8. The van der Waals surface area contributed by atoms with Crippen LogP contribution in [0.4, 0.5) is 5.69 Å². The summed E-state index contributed by atoms with van der Waals surface area (Å²) in [5.74, 6) is -17.9. The van der Waals surface area contributed by atoms with E-state index in [0.717, 1.165) is 91.0 Å². The van der Waals surface area contributed by atoms with Crippen LogP contribution in [0.15, 0.2) is 103 Å². The molecule has 6 aromatic rings. The number of hydrogen-bond acceptors (Lipinski definition) is 29. The molecule has 13 rings (SSSR count). The molecule has 0 aromatic heterocycles. The summed E-state index contributed by atoms with van der Waals surface area (Å²) >= 11 is 14.2. The summed E-state index contributed by atoms with van der Waals surface area (Å²) in [6, 6.07) is 2.78. The molecule has 6 aromatic carbocycles. The smallest absolute Gasteiger partial charge is 0.341 e. The molecule has 2 saturated heterocycles. The van der Waals surface area contributed by atoms with Crippen LogP contribution in [0, 0.1) is 5.92 Å². The standard InChI is InChI=1S/C76H88Cl2N10O31P2/c1-29(2)16-42(81-5)68(100)87-59-61(95)33-9-14-46(40(77)19-33)115-48-21-35-22-49(65(48)119-75-66(64(98)63(97)50(27-89)117-75)118-53-26-76(4,80)67(99)30(3)114-53)116-47-15-10-34(20-41(47)78)62(96)60-73(105)86-58(74(106)113-28-52(94)82-36-11-6-31(7-12-36)17-54(120(107,108)109)121(110,111)112)39-23-37(90)24-45(92)55(39)38-18-32(8-13-44(38)91)56(70(102)88-60)85-71(103)57(35)84-69(101)43(25-51(79)93)83-72(59)104/h6-15,18-24,29-30,42-43,50,53-54,56-64,66-67,75,81,89-92,95-99H,16-17,25-28,80H2,1-5H3,(H2,79,93)(H,82,94)(H,83,104)(H,84,101)(H,85,103)(H,86,105)(H,87,100)(H,88,102)(H2,107,108,109)(H2,110,111,112)/t30?,42?,43?,50?,53?,56?,57?,58-,59?,60?,61+,62-,63?,64?,66?,67?,75?,76?/m1/s1. The molecule has 7 aliphatic heterocycles. The third-order valence-corrected chi connectivity index (χ3v) is 24.9. The van der Waals surface area contributed by atoms with Crippen molar-refractivity contribution >= 4 is 97.3 Å². The maximum Gasteiger partial charge on any atom is 0.341 e. The van der Waals surface area contributed by atoms with Crippen LogP contribution in [0.5, 0.6) is 46.0 Å². The summed E-state index contributed by atoms with van der Waals surface area (Å²) in [6.07, 6.45) is -20.0. The lowest BCUT2D eigenvalue weighted by atomic mass is 9.86. The number of amides is 8. The number of halogens is 2. The van der Waals surface area contributed by atoms with Crippen LogP contribution in [-0.2, 0) is 77.6 Å². The Kier molecular flexibility index (Phi) is 28.2. The van der Waals surface area contributed by atoms with Gasteiger partial charge in [0, 0.05) is 40.4 Å². The minimum absolute atomic E-state index is 0.000670. The van der Waals surface area contributed by atoms with Crippen molar-refractivity contribution in [3.8, 4) is 57.1 Å². The molecule has 7 aliphatic rings. The molecule has 15 unspecified atom stereocenters. The Hall–Kier alpha value is -10.2. The second kappa shape index (κ2) is 37.2. The van der Waals surface area contributed by atoms with E-state index in [1.54, 1.807) is 13.8 Å². The van der Waals surface area contributed by atoms with Crippen molar-refractivity contribution in [1.29, 1.82) is 0 Å². The number of primary amides is 1. The number of carbonyl (C=O) groups excluding carboxylic acids is 9. The number of phenols is 3. The van der Waals surface area contributed by atoms with Crippen molar-refractivity contribution in [2.24, 2.45) is 17.4 Å². The van der Waals surface area contributed by atoms with Crippen LogP contribution in [0.3, 0.4) is 0 Å². The van der Waals surface area contributed by atoms with Crippen molar-refractivity contribution < 1.29 is 151 Å². The maximum atomic E-state index is 16.3. The normalized spacial score (nSPS) is 26.8. The average molecular weight is 1770 g/mol. The molecule has 8 amide bonds. The zero-order valence-corrected chi connectivity index (χ0v) is 67.8. The first kappa shape index (κ1) is 91.5. The molecule has 7 heterocycles. The molecule has 11 bridgehead atoms. The topological polar surface area (TPSA) is 664 Å². The number of rotatable bonds is 20. The predicted octanol–water partition coefficient (Wildman–Crippen LogP) is 0.428. The minimum atomic E-state index is -5.36. The van der Waals surface area contributed by atoms with Crippen LogP contribution < -0.4 is 68.2 Å². The molecule has 0 aliphatic carbocycles. The number of nitrogens with two attached hydrogens (primary N) is 2. The molecule has 18 atom stereocenters. The molecule has 45 heteroatoms. The van der Waals surface area contributed by atoms with Gasteiger partial charge in [-0.05, 0) is 134 Å². The van der Waals surface area contributed by atoms with Gasteiger partial charge in [0.15, 0.2) is 41.9 Å². The second-order valence-corrected chi connectivity index (χ2v) is 34.9. The van der Waals surface area contributed by atoms with Crippen molar-refractivity contribution in [2.45, 2.75) is 168 Å². The largest absolute Gasteiger partial charge is 0.508 e. The highest BCUT2D eigenvalue weighted by atomic mass is 35.5. The van der Waals surface area contributed by atoms with E-state index in [9.17, 15) is 98.6 Å². The van der Waals surface area contributed by atoms with E-state index in [1.165, 1.54) is 27.0 Å². The number of aliphatic hydroxyl groups excluding tert-OH is 6. The number of carbonyl (C=O) groups is 9. The fourth-order valence-corrected chi connectivity index (χ4v) is 17.2. The third-order valence-electron chi connectivity index (χ3n) is 20.5. The van der Waals surface area contributed by atoms with Crippen LogP contribution in [-0.4, -0.2) is 223 Å². The van der Waals surface area contributed by atoms with Gasteiger partial charge in [-0.3, -0.25) is 47.5 Å². The Morgan fingerprint density at radius 1 is 0.686 bits per heavy atom. The van der Waals surface area contributed by atoms with Crippen LogP contribution >= 0.6 is 38.4 Å². The summed E-state index contributed by atoms with van der Waals surface area (Å²) in [7, 11) is -9.27. The zero-order chi connectivity index (χ0) is 88.5. The number of anilines is 1. The lowest BCUT2D eigenvalue weighted by molar-refractivity contribution is -0.333. The van der Waals surface area contributed by atoms with Gasteiger partial charge >= 0.3 is 21.2 Å². The number of phenolic OH excluding ortho intramolecular Hbond substituents is 3. The highest BCUT2D eigenvalue weighted by Gasteiger charge is 2.52. The van der Waals surface area contributed by atoms with E-state index in [4.69, 9.17) is 67.8 Å². The number of hydrogen-bond donors (Lipinski definition) is 23. The number of fused-ring (bicyclic) bond motifs is 15. The SMILES string of the molecule is CNC(CC(C)C)C(=O)NC1C(=O)NC(CC(N)=O)C(=O)NC2C(=O)NC3C(=O)NC(C(=O)N[C@@H](C(=O)OCC(=O)Nc4ccc(CC(P(=O)(O)O)P(=O)(O)O)cc4)c4cc(O)cc(O)c4-c4cc3ccc4O)[C@H](O)c3ccc(c(Cl)c3)Oc3cc2cc(c3OC2OC(CO)C(O)C(O)C2OC2CC(C)(N)C(O)C(C)O2)Oc2ccc(cc2Cl)[C@@H]1O. The number of likely N-dealkylation sites (N-methyl/N-ethyl adjacent to an activating group) is 1. The fourth-order valence-electron chi connectivity index (χ4n) is 14.3. The fraction of sp³-hybridized carbons (Fsp3) is 0.408. The van der Waals surface area contributed by atoms with Gasteiger partial charge in [0.05, 0.1) is 41.3 Å². The number of ether oxygens (including phenoxy) is 7. The first-order valence-electron chi connectivity index (χ1n) is 37.2. The molecule has 0 saturated carbocycles. The Labute approximate surface area is 696 Å². The number of aromatic hydroxyl groups is 3. The average Bonchev–Trinajstić information content (AvgIpc) is 0.762. The van der Waals surface area contributed by atoms with Gasteiger partial charge in [-0.1, -0.05) is 67.4 Å². The Morgan fingerprint density at radius 2 is 1.28 bits per heavy atom. The number of aliphatic hydroxyl groups is 6. The molecule has 0 spiro atoms. The molecule has 41 nitrogen and oxygen atoms in total. The van der Waals surface area contributed by atoms with Gasteiger partial charge in [0.2, 0.25) is 53.4 Å². The van der Waals surface area contributed by atoms with E-state index < -0.39 is 287 Å². The summed E-state index contributed by atoms with van der Waals surface area (Å²) in [5, 5.41) is 122. The zero-order valence-electron chi connectivity index (χ0n) is 64.5. The van der Waals surface area contributed by atoms with Crippen molar-refractivity contribution in [3.05, 3.63) is 147 Å². The van der Waals surface area contributed by atoms with E-state index in [1.807, 2.05) is 0 Å². The first-order chi connectivity index (χ1) is 56.8. The van der Waals surface area contributed by atoms with Crippen LogP contribution in [0.25, 0.3) is 11.1 Å². The second-order valence-electron chi connectivity index (χ2n) is 30.1. The Morgan fingerprint density at radius 3 is 1.86 bits per heavy atom. The van der Waals surface area contributed by atoms with Gasteiger partial charge in [-0.2, -0.15) is 0 Å². The first-order valence-corrected chi connectivity index (χ1v) is 41.3. The van der Waals surface area contributed by atoms with E-state index >= 15 is 19.2 Å². The van der Waals surface area contributed by atoms with Gasteiger partial charge in [0.1, 0.15) is 89.5 Å². The maximum absolute atomic E-state index is 16.3. The predicted molar refractivity (Wildman–Crippen MR) is 419 cm³/mol. The van der Waals surface area contributed by atoms with E-state index in [2.05, 4.69) is 42.5 Å². The van der Waals surface area contributed by atoms with Gasteiger partial charge < -0.3 is 153 Å². The molecule has 2 fully saturated rings. The van der Waals surface area contributed by atoms with Gasteiger partial charge in [0.25, 0.3) is 5.91 Å². The highest BCUT2D eigenvalue weighted by Crippen LogP contribution is 2.61. The van der Waals surface area contributed by atoms with Crippen LogP contribution in [0.1, 0.15) is 111 Å². The number of benzene rings is 6. The summed E-state index contributed by atoms with van der Waals surface area (Å²) < 4.78 is 67.9. The Balaban J connectivity index is 1.09. The highest BCUT2D eigenvalue weighted by molar-refractivity contribution is 7.70. The molecular weight excluding hydrogens is 1680 g/mol. The van der Waals surface area contributed by atoms with Crippen molar-refractivity contribution in [1.82, 2.24) is 37.2 Å². The summed E-state index contributed by atoms with van der Waals surface area (Å²) in [5.41, 5.74) is 7.39. The molecule has 121 heavy (non-hydrogen) atoms. The third kappa shape index (κ3) is 20.9. The number of esters is 1. The summed E-state index contributed by atoms with van der Waals surface area (Å²) in [6.45, 7) is 4.30. The van der Waals surface area contributed by atoms with E-state index in [0.29, 0.717) is 6.07 Å². The monoisotopic (exact) mass is 1770 g/mol. The van der Waals surface area contributed by atoms with E-state index in [-0.39, 0.29) is 46.9 Å². The van der Waals surface area contributed by atoms with Crippen molar-refractivity contribution in [2.75, 3.05) is 25.6 Å². The Bertz CT molecular complexity index is 5080.